The van der Waals surface area contributed by atoms with Crippen LogP contribution in [-0.2, 0) is 19.1 Å². The molecule has 2 saturated carbocycles. The van der Waals surface area contributed by atoms with Gasteiger partial charge in [0.1, 0.15) is 6.10 Å². The van der Waals surface area contributed by atoms with Crippen LogP contribution in [0.5, 0.6) is 0 Å². The highest BCUT2D eigenvalue weighted by Gasteiger charge is 2.63. The zero-order valence-electron chi connectivity index (χ0n) is 14.9. The molecule has 27 heavy (non-hydrogen) atoms. The van der Waals surface area contributed by atoms with Crippen LogP contribution in [0.4, 0.5) is 5.69 Å². The van der Waals surface area contributed by atoms with Gasteiger partial charge >= 0.3 is 5.97 Å². The van der Waals surface area contributed by atoms with Crippen LogP contribution in [0.3, 0.4) is 0 Å². The Balaban J connectivity index is 1.25. The highest BCUT2D eigenvalue weighted by Crippen LogP contribution is 2.57. The molecule has 2 heterocycles. The zero-order valence-corrected chi connectivity index (χ0v) is 14.9. The molecule has 1 aromatic rings. The minimum absolute atomic E-state index is 0.0241. The Kier molecular flexibility index (Phi) is 3.93. The summed E-state index contributed by atoms with van der Waals surface area (Å²) in [6.45, 7) is 2.32. The summed E-state index contributed by atoms with van der Waals surface area (Å²) in [4.78, 5) is 39.1. The summed E-state index contributed by atoms with van der Waals surface area (Å²) < 4.78 is 10.7. The van der Waals surface area contributed by atoms with Crippen molar-refractivity contribution in [2.24, 2.45) is 23.7 Å². The first-order chi connectivity index (χ1) is 13.1. The van der Waals surface area contributed by atoms with E-state index in [0.717, 1.165) is 12.8 Å². The molecule has 2 amide bonds. The normalized spacial score (nSPS) is 33.9. The van der Waals surface area contributed by atoms with Crippen molar-refractivity contribution in [3.63, 3.8) is 0 Å². The lowest BCUT2D eigenvalue weighted by Crippen LogP contribution is -2.40. The van der Waals surface area contributed by atoms with Gasteiger partial charge in [0.15, 0.2) is 0 Å². The average molecular weight is 370 g/mol. The number of hydrogen-bond acceptors (Lipinski definition) is 5. The quantitative estimate of drug-likeness (QED) is 0.811. The first-order valence-electron chi connectivity index (χ1n) is 9.60. The standard InChI is InChI=1S/C20H22N2O5/c23-18(16-12-9-14-15(10-12)27-20(25)17(14)16)21-13-3-1-11(2-4-13)19(24)22-5-7-26-8-6-22/h1-4,12,14-17H,5-10H2,(H,21,23)/t12-,14-,15+,16-,17-/m1/s1. The molecular formula is C20H22N2O5. The lowest BCUT2D eigenvalue weighted by Gasteiger charge is -2.27. The van der Waals surface area contributed by atoms with Crippen molar-refractivity contribution >= 4 is 23.5 Å². The minimum Gasteiger partial charge on any atom is -0.462 e. The van der Waals surface area contributed by atoms with E-state index < -0.39 is 0 Å². The molecule has 4 aliphatic rings. The molecule has 5 atom stereocenters. The Morgan fingerprint density at radius 1 is 1.07 bits per heavy atom. The van der Waals surface area contributed by atoms with Crippen molar-refractivity contribution in [2.75, 3.05) is 31.6 Å². The number of ether oxygens (including phenoxy) is 2. The minimum atomic E-state index is -0.295. The lowest BCUT2D eigenvalue weighted by atomic mass is 9.79. The molecule has 0 radical (unpaired) electrons. The maximum absolute atomic E-state index is 12.8. The van der Waals surface area contributed by atoms with Crippen LogP contribution in [-0.4, -0.2) is 55.1 Å². The van der Waals surface area contributed by atoms with Gasteiger partial charge in [0.25, 0.3) is 5.91 Å². The third kappa shape index (κ3) is 2.72. The van der Waals surface area contributed by atoms with Crippen molar-refractivity contribution in [2.45, 2.75) is 18.9 Å². The molecule has 4 fully saturated rings. The van der Waals surface area contributed by atoms with Crippen molar-refractivity contribution in [3.05, 3.63) is 29.8 Å². The number of esters is 1. The Morgan fingerprint density at radius 3 is 2.56 bits per heavy atom. The van der Waals surface area contributed by atoms with Crippen molar-refractivity contribution < 1.29 is 23.9 Å². The zero-order chi connectivity index (χ0) is 18.5. The highest BCUT2D eigenvalue weighted by molar-refractivity contribution is 5.98. The lowest BCUT2D eigenvalue weighted by molar-refractivity contribution is -0.145. The highest BCUT2D eigenvalue weighted by atomic mass is 16.6. The van der Waals surface area contributed by atoms with E-state index in [0.29, 0.717) is 37.6 Å². The number of fused-ring (bicyclic) bond motifs is 1. The van der Waals surface area contributed by atoms with Crippen LogP contribution in [0.25, 0.3) is 0 Å². The fraction of sp³-hybridized carbons (Fsp3) is 0.550. The Labute approximate surface area is 157 Å². The van der Waals surface area contributed by atoms with Crippen molar-refractivity contribution in [3.8, 4) is 0 Å². The number of hydrogen-bond donors (Lipinski definition) is 1. The van der Waals surface area contributed by atoms with Gasteiger partial charge in [-0.25, -0.2) is 0 Å². The van der Waals surface area contributed by atoms with E-state index in [9.17, 15) is 14.4 Å². The van der Waals surface area contributed by atoms with E-state index in [4.69, 9.17) is 9.47 Å². The molecule has 0 spiro atoms. The molecule has 2 saturated heterocycles. The molecule has 0 aromatic heterocycles. The summed E-state index contributed by atoms with van der Waals surface area (Å²) in [5, 5.41) is 2.93. The Bertz CT molecular complexity index is 784. The van der Waals surface area contributed by atoms with Crippen LogP contribution >= 0.6 is 0 Å². The summed E-state index contributed by atoms with van der Waals surface area (Å²) in [5.41, 5.74) is 1.24. The number of amides is 2. The van der Waals surface area contributed by atoms with Crippen LogP contribution in [0.15, 0.2) is 24.3 Å². The molecule has 5 rings (SSSR count). The molecule has 2 bridgehead atoms. The van der Waals surface area contributed by atoms with Crippen LogP contribution in [0, 0.1) is 23.7 Å². The maximum atomic E-state index is 12.8. The van der Waals surface area contributed by atoms with Crippen LogP contribution in [0.1, 0.15) is 23.2 Å². The van der Waals surface area contributed by atoms with Gasteiger partial charge in [-0.1, -0.05) is 0 Å². The fourth-order valence-corrected chi connectivity index (χ4v) is 5.23. The third-order valence-electron chi connectivity index (χ3n) is 6.48. The molecule has 1 N–H and O–H groups in total. The van der Waals surface area contributed by atoms with Gasteiger partial charge in [0.2, 0.25) is 5.91 Å². The van der Waals surface area contributed by atoms with E-state index >= 15 is 0 Å². The summed E-state index contributed by atoms with van der Waals surface area (Å²) >= 11 is 0. The molecule has 2 aliphatic carbocycles. The van der Waals surface area contributed by atoms with E-state index in [1.54, 1.807) is 29.2 Å². The molecule has 1 aromatic carbocycles. The van der Waals surface area contributed by atoms with Crippen molar-refractivity contribution in [1.29, 1.82) is 0 Å². The van der Waals surface area contributed by atoms with E-state index in [2.05, 4.69) is 5.32 Å². The van der Waals surface area contributed by atoms with Gasteiger partial charge < -0.3 is 19.7 Å². The first-order valence-corrected chi connectivity index (χ1v) is 9.60. The van der Waals surface area contributed by atoms with Gasteiger partial charge in [0, 0.05) is 30.3 Å². The molecular weight excluding hydrogens is 348 g/mol. The summed E-state index contributed by atoms with van der Waals surface area (Å²) in [6, 6.07) is 6.95. The van der Waals surface area contributed by atoms with E-state index in [1.165, 1.54) is 0 Å². The Hall–Kier alpha value is -2.41. The van der Waals surface area contributed by atoms with Crippen LogP contribution in [0.2, 0.25) is 0 Å². The second-order valence-electron chi connectivity index (χ2n) is 7.89. The molecule has 142 valence electrons. The van der Waals surface area contributed by atoms with Gasteiger partial charge in [-0.3, -0.25) is 14.4 Å². The molecule has 7 heteroatoms. The summed E-state index contributed by atoms with van der Waals surface area (Å²) in [5.74, 6) is -0.477. The SMILES string of the molecule is O=C(Nc1ccc(C(=O)N2CCOCC2)cc1)[C@@H]1[C@@H]2C[C@H]3[C@H]1C(=O)O[C@H]3C2. The van der Waals surface area contributed by atoms with Crippen LogP contribution < -0.4 is 5.32 Å². The third-order valence-corrected chi connectivity index (χ3v) is 6.48. The van der Waals surface area contributed by atoms with Crippen molar-refractivity contribution in [1.82, 2.24) is 4.90 Å². The second-order valence-corrected chi connectivity index (χ2v) is 7.89. The topological polar surface area (TPSA) is 84.9 Å². The fourth-order valence-electron chi connectivity index (χ4n) is 5.23. The number of nitrogens with one attached hydrogen (secondary N) is 1. The van der Waals surface area contributed by atoms with E-state index in [1.807, 2.05) is 0 Å². The monoisotopic (exact) mass is 370 g/mol. The summed E-state index contributed by atoms with van der Waals surface area (Å²) in [7, 11) is 0. The first kappa shape index (κ1) is 16.7. The summed E-state index contributed by atoms with van der Waals surface area (Å²) in [6.07, 6.45) is 1.74. The predicted molar refractivity (Wildman–Crippen MR) is 94.9 cm³/mol. The number of carbonyl (C=O) groups excluding carboxylic acids is 3. The molecule has 7 nitrogen and oxygen atoms in total. The number of nitrogens with zero attached hydrogens (tertiary/aromatic N) is 1. The second kappa shape index (κ2) is 6.34. The molecule has 2 aliphatic heterocycles. The maximum Gasteiger partial charge on any atom is 0.310 e. The average Bonchev–Trinajstić information content (AvgIpc) is 3.31. The Morgan fingerprint density at radius 2 is 1.81 bits per heavy atom. The van der Waals surface area contributed by atoms with Gasteiger partial charge in [-0.2, -0.15) is 0 Å². The molecule has 0 unspecified atom stereocenters. The number of benzene rings is 1. The van der Waals surface area contributed by atoms with E-state index in [-0.39, 0.29) is 47.6 Å². The largest absolute Gasteiger partial charge is 0.462 e. The van der Waals surface area contributed by atoms with Gasteiger partial charge in [0.05, 0.1) is 25.0 Å². The smallest absolute Gasteiger partial charge is 0.310 e. The predicted octanol–water partition coefficient (Wildman–Crippen LogP) is 1.30. The number of anilines is 1. The van der Waals surface area contributed by atoms with Gasteiger partial charge in [-0.15, -0.1) is 0 Å². The number of carbonyl (C=O) groups is 3. The van der Waals surface area contributed by atoms with Gasteiger partial charge in [-0.05, 0) is 43.0 Å². The number of morpholine rings is 1. The number of rotatable bonds is 3.